The number of anilines is 1. The number of carbonyl (C=O) groups is 1. The Kier molecular flexibility index (Phi) is 6.11. The Labute approximate surface area is 159 Å². The predicted molar refractivity (Wildman–Crippen MR) is 103 cm³/mol. The van der Waals surface area contributed by atoms with Gasteiger partial charge in [0.05, 0.1) is 6.04 Å². The number of piperidine rings is 1. The third-order valence-electron chi connectivity index (χ3n) is 5.01. The van der Waals surface area contributed by atoms with Gasteiger partial charge in [0, 0.05) is 45.1 Å². The summed E-state index contributed by atoms with van der Waals surface area (Å²) in [6.45, 7) is 5.01. The van der Waals surface area contributed by atoms with Crippen LogP contribution in [0.15, 0.2) is 36.7 Å². The fraction of sp³-hybridized carbons (Fsp3) is 0.500. The van der Waals surface area contributed by atoms with E-state index in [0.717, 1.165) is 44.8 Å². The van der Waals surface area contributed by atoms with E-state index in [2.05, 4.69) is 20.3 Å². The molecule has 1 N–H and O–H groups in total. The number of nitrogens with zero attached hydrogens (tertiary/aromatic N) is 5. The minimum Gasteiger partial charge on any atom is -0.353 e. The second kappa shape index (κ2) is 8.51. The molecular weight excluding hydrogens is 352 g/mol. The summed E-state index contributed by atoms with van der Waals surface area (Å²) in [5.41, 5.74) is 0.553. The molecule has 2 aromatic heterocycles. The predicted octanol–water partition coefficient (Wildman–Crippen LogP) is 1.59. The van der Waals surface area contributed by atoms with Gasteiger partial charge in [0.15, 0.2) is 0 Å². The third kappa shape index (κ3) is 3.99. The lowest BCUT2D eigenvalue weighted by Gasteiger charge is -2.35. The maximum Gasteiger partial charge on any atom is 0.274 e. The number of hydrogen-bond donors (Lipinski definition) is 1. The zero-order chi connectivity index (χ0) is 17.1. The van der Waals surface area contributed by atoms with Crippen LogP contribution in [0.3, 0.4) is 0 Å². The third-order valence-corrected chi connectivity index (χ3v) is 5.01. The van der Waals surface area contributed by atoms with Gasteiger partial charge in [0.25, 0.3) is 5.91 Å². The van der Waals surface area contributed by atoms with Gasteiger partial charge in [0.2, 0.25) is 0 Å². The number of piperazine rings is 1. The quantitative estimate of drug-likeness (QED) is 0.881. The van der Waals surface area contributed by atoms with E-state index >= 15 is 0 Å². The maximum atomic E-state index is 12.7. The first-order valence-corrected chi connectivity index (χ1v) is 9.02. The Morgan fingerprint density at radius 2 is 2.00 bits per heavy atom. The van der Waals surface area contributed by atoms with Crippen LogP contribution in [0.25, 0.3) is 0 Å². The number of rotatable bonds is 3. The normalized spacial score (nSPS) is 20.5. The van der Waals surface area contributed by atoms with Crippen molar-refractivity contribution >= 4 is 24.1 Å². The van der Waals surface area contributed by atoms with Crippen molar-refractivity contribution in [3.05, 3.63) is 42.4 Å². The highest BCUT2D eigenvalue weighted by molar-refractivity contribution is 5.92. The average molecular weight is 377 g/mol. The summed E-state index contributed by atoms with van der Waals surface area (Å²) in [6.07, 6.45) is 6.02. The topological polar surface area (TPSA) is 66.3 Å². The SMILES string of the molecule is Cl.O=C(c1ccn(C2CCCNC2)n1)N1CCN(c2ccccn2)CC1. The van der Waals surface area contributed by atoms with Crippen LogP contribution in [0.1, 0.15) is 29.4 Å². The lowest BCUT2D eigenvalue weighted by atomic mass is 10.1. The second-order valence-corrected chi connectivity index (χ2v) is 6.65. The summed E-state index contributed by atoms with van der Waals surface area (Å²) in [6, 6.07) is 8.13. The number of carbonyl (C=O) groups excluding carboxylic acids is 1. The molecule has 140 valence electrons. The molecule has 0 aliphatic carbocycles. The van der Waals surface area contributed by atoms with Gasteiger partial charge in [-0.25, -0.2) is 4.98 Å². The van der Waals surface area contributed by atoms with Crippen molar-refractivity contribution in [1.29, 1.82) is 0 Å². The Balaban J connectivity index is 0.00000196. The van der Waals surface area contributed by atoms with Crippen molar-refractivity contribution < 1.29 is 4.79 Å². The minimum absolute atomic E-state index is 0. The van der Waals surface area contributed by atoms with Gasteiger partial charge in [-0.15, -0.1) is 12.4 Å². The van der Waals surface area contributed by atoms with E-state index in [-0.39, 0.29) is 18.3 Å². The molecule has 0 aromatic carbocycles. The number of amides is 1. The van der Waals surface area contributed by atoms with E-state index in [1.54, 1.807) is 6.20 Å². The second-order valence-electron chi connectivity index (χ2n) is 6.65. The molecule has 7 nitrogen and oxygen atoms in total. The molecule has 8 heteroatoms. The lowest BCUT2D eigenvalue weighted by molar-refractivity contribution is 0.0739. The molecule has 4 heterocycles. The number of hydrogen-bond acceptors (Lipinski definition) is 5. The Morgan fingerprint density at radius 1 is 1.15 bits per heavy atom. The van der Waals surface area contributed by atoms with Gasteiger partial charge in [-0.1, -0.05) is 6.07 Å². The van der Waals surface area contributed by atoms with E-state index in [0.29, 0.717) is 24.8 Å². The maximum absolute atomic E-state index is 12.7. The van der Waals surface area contributed by atoms with Crippen LogP contribution in [0, 0.1) is 0 Å². The molecule has 2 aliphatic heterocycles. The summed E-state index contributed by atoms with van der Waals surface area (Å²) in [7, 11) is 0. The summed E-state index contributed by atoms with van der Waals surface area (Å²) in [4.78, 5) is 21.2. The molecule has 2 saturated heterocycles. The smallest absolute Gasteiger partial charge is 0.274 e. The van der Waals surface area contributed by atoms with Crippen LogP contribution >= 0.6 is 12.4 Å². The van der Waals surface area contributed by atoms with Gasteiger partial charge in [-0.2, -0.15) is 5.10 Å². The Morgan fingerprint density at radius 3 is 2.69 bits per heavy atom. The van der Waals surface area contributed by atoms with Gasteiger partial charge < -0.3 is 15.1 Å². The Bertz CT molecular complexity index is 707. The summed E-state index contributed by atoms with van der Waals surface area (Å²) >= 11 is 0. The van der Waals surface area contributed by atoms with Crippen LogP contribution in [-0.4, -0.2) is 64.8 Å². The number of nitrogens with one attached hydrogen (secondary N) is 1. The van der Waals surface area contributed by atoms with Crippen molar-refractivity contribution in [3.8, 4) is 0 Å². The zero-order valence-corrected chi connectivity index (χ0v) is 15.6. The van der Waals surface area contributed by atoms with E-state index < -0.39 is 0 Å². The molecule has 1 atom stereocenters. The lowest BCUT2D eigenvalue weighted by Crippen LogP contribution is -2.49. The van der Waals surface area contributed by atoms with E-state index in [1.165, 1.54) is 0 Å². The molecule has 0 spiro atoms. The van der Waals surface area contributed by atoms with Crippen LogP contribution in [-0.2, 0) is 0 Å². The fourth-order valence-corrected chi connectivity index (χ4v) is 3.56. The van der Waals surface area contributed by atoms with E-state index in [4.69, 9.17) is 0 Å². The van der Waals surface area contributed by atoms with Gasteiger partial charge in [-0.05, 0) is 37.6 Å². The Hall–Kier alpha value is -2.12. The minimum atomic E-state index is 0. The summed E-state index contributed by atoms with van der Waals surface area (Å²) in [5, 5.41) is 7.93. The van der Waals surface area contributed by atoms with Gasteiger partial charge in [0.1, 0.15) is 11.5 Å². The summed E-state index contributed by atoms with van der Waals surface area (Å²) in [5.74, 6) is 1.01. The molecule has 0 bridgehead atoms. The fourth-order valence-electron chi connectivity index (χ4n) is 3.56. The molecule has 4 rings (SSSR count). The van der Waals surface area contributed by atoms with Gasteiger partial charge >= 0.3 is 0 Å². The van der Waals surface area contributed by atoms with E-state index in [1.807, 2.05) is 40.0 Å². The average Bonchev–Trinajstić information content (AvgIpc) is 3.19. The standard InChI is InChI=1S/C18H24N6O.ClH/c25-18(16-6-9-24(21-16)15-4-3-7-19-14-15)23-12-10-22(11-13-23)17-5-1-2-8-20-17;/h1-2,5-6,8-9,15,19H,3-4,7,10-14H2;1H. The van der Waals surface area contributed by atoms with Crippen molar-refractivity contribution in [2.75, 3.05) is 44.2 Å². The molecule has 1 amide bonds. The number of halogens is 1. The highest BCUT2D eigenvalue weighted by Crippen LogP contribution is 2.17. The highest BCUT2D eigenvalue weighted by Gasteiger charge is 2.25. The van der Waals surface area contributed by atoms with Crippen molar-refractivity contribution in [2.24, 2.45) is 0 Å². The van der Waals surface area contributed by atoms with E-state index in [9.17, 15) is 4.79 Å². The largest absolute Gasteiger partial charge is 0.353 e. The van der Waals surface area contributed by atoms with Crippen molar-refractivity contribution in [2.45, 2.75) is 18.9 Å². The first-order chi connectivity index (χ1) is 12.3. The van der Waals surface area contributed by atoms with Crippen LogP contribution in [0.2, 0.25) is 0 Å². The molecule has 0 radical (unpaired) electrons. The molecule has 2 aromatic rings. The zero-order valence-electron chi connectivity index (χ0n) is 14.8. The molecular formula is C18H25ClN6O. The summed E-state index contributed by atoms with van der Waals surface area (Å²) < 4.78 is 1.95. The van der Waals surface area contributed by atoms with Crippen LogP contribution < -0.4 is 10.2 Å². The highest BCUT2D eigenvalue weighted by atomic mass is 35.5. The van der Waals surface area contributed by atoms with Crippen molar-refractivity contribution in [1.82, 2.24) is 25.0 Å². The van der Waals surface area contributed by atoms with Crippen LogP contribution in [0.4, 0.5) is 5.82 Å². The molecule has 0 saturated carbocycles. The van der Waals surface area contributed by atoms with Crippen LogP contribution in [0.5, 0.6) is 0 Å². The molecule has 2 fully saturated rings. The van der Waals surface area contributed by atoms with Crippen molar-refractivity contribution in [3.63, 3.8) is 0 Å². The van der Waals surface area contributed by atoms with Gasteiger partial charge in [-0.3, -0.25) is 9.48 Å². The molecule has 2 aliphatic rings. The molecule has 1 unspecified atom stereocenters. The first kappa shape index (κ1) is 18.7. The monoisotopic (exact) mass is 376 g/mol. The number of pyridine rings is 1. The number of aromatic nitrogens is 3. The first-order valence-electron chi connectivity index (χ1n) is 9.02. The molecule has 26 heavy (non-hydrogen) atoms.